The monoisotopic (exact) mass is 306 g/mol. The van der Waals surface area contributed by atoms with Gasteiger partial charge in [-0.2, -0.15) is 0 Å². The number of likely N-dealkylation sites (N-methyl/N-ethyl adjacent to an activating group) is 1. The summed E-state index contributed by atoms with van der Waals surface area (Å²) in [6.45, 7) is 4.30. The molecule has 0 aliphatic carbocycles. The Bertz CT molecular complexity index is 485. The molecule has 122 valence electrons. The molecule has 0 spiro atoms. The summed E-state index contributed by atoms with van der Waals surface area (Å²) in [5.74, 6) is 0.655. The summed E-state index contributed by atoms with van der Waals surface area (Å²) in [6, 6.07) is 7.12. The summed E-state index contributed by atoms with van der Waals surface area (Å²) in [4.78, 5) is 26.1. The maximum Gasteiger partial charge on any atom is 0.242 e. The number of amides is 2. The van der Waals surface area contributed by atoms with Gasteiger partial charge in [0.2, 0.25) is 11.8 Å². The average Bonchev–Trinajstić information content (AvgIpc) is 2.55. The number of hydrogen-bond donors (Lipinski definition) is 1. The molecule has 0 aromatic heterocycles. The minimum absolute atomic E-state index is 0.00812. The number of carbonyl (C=O) groups is 2. The molecule has 1 N–H and O–H groups in total. The highest BCUT2D eigenvalue weighted by molar-refractivity contribution is 5.87. The number of carbonyl (C=O) groups excluding carboxylic acids is 2. The van der Waals surface area contributed by atoms with Crippen LogP contribution in [-0.4, -0.2) is 36.9 Å². The summed E-state index contributed by atoms with van der Waals surface area (Å²) >= 11 is 0. The van der Waals surface area contributed by atoms with E-state index in [4.69, 9.17) is 4.74 Å². The molecule has 1 atom stereocenters. The number of nitrogens with one attached hydrogen (secondary N) is 1. The molecule has 0 aliphatic heterocycles. The molecule has 22 heavy (non-hydrogen) atoms. The van der Waals surface area contributed by atoms with Crippen LogP contribution in [0.15, 0.2) is 24.3 Å². The Balaban J connectivity index is 2.97. The van der Waals surface area contributed by atoms with Gasteiger partial charge in [-0.05, 0) is 30.5 Å². The lowest BCUT2D eigenvalue weighted by Gasteiger charge is -2.30. The van der Waals surface area contributed by atoms with Crippen LogP contribution in [0.4, 0.5) is 0 Å². The number of rotatable bonds is 8. The second-order valence-corrected chi connectivity index (χ2v) is 5.16. The van der Waals surface area contributed by atoms with Gasteiger partial charge in [-0.3, -0.25) is 9.59 Å². The normalized spacial score (nSPS) is 11.6. The van der Waals surface area contributed by atoms with Gasteiger partial charge in [0.25, 0.3) is 0 Å². The van der Waals surface area contributed by atoms with Crippen LogP contribution in [0.5, 0.6) is 5.75 Å². The molecule has 0 fully saturated rings. The van der Waals surface area contributed by atoms with Gasteiger partial charge < -0.3 is 15.0 Å². The van der Waals surface area contributed by atoms with Gasteiger partial charge in [0.15, 0.2) is 0 Å². The molecule has 1 aromatic carbocycles. The van der Waals surface area contributed by atoms with E-state index in [2.05, 4.69) is 5.32 Å². The number of hydrogen-bond acceptors (Lipinski definition) is 3. The minimum Gasteiger partial charge on any atom is -0.497 e. The fourth-order valence-electron chi connectivity index (χ4n) is 2.37. The van der Waals surface area contributed by atoms with E-state index in [1.165, 1.54) is 0 Å². The number of nitrogens with zero attached hydrogens (tertiary/aromatic N) is 1. The zero-order valence-corrected chi connectivity index (χ0v) is 13.9. The quantitative estimate of drug-likeness (QED) is 0.802. The predicted molar refractivity (Wildman–Crippen MR) is 86.6 cm³/mol. The first-order valence-corrected chi connectivity index (χ1v) is 7.71. The molecule has 1 aromatic rings. The standard InChI is InChI=1S/C17H26N2O3/c1-5-7-16(20)19(15(6-2)17(21)18-3)12-13-8-10-14(22-4)11-9-13/h8-11,15H,5-7,12H2,1-4H3,(H,18,21)/t15-/m1/s1. The van der Waals surface area contributed by atoms with Crippen molar-refractivity contribution >= 4 is 11.8 Å². The fraction of sp³-hybridized carbons (Fsp3) is 0.529. The molecule has 5 nitrogen and oxygen atoms in total. The molecule has 2 amide bonds. The van der Waals surface area contributed by atoms with Crippen LogP contribution in [0.1, 0.15) is 38.7 Å². The molecule has 0 radical (unpaired) electrons. The highest BCUT2D eigenvalue weighted by Gasteiger charge is 2.27. The minimum atomic E-state index is -0.439. The summed E-state index contributed by atoms with van der Waals surface area (Å²) in [6.07, 6.45) is 1.80. The smallest absolute Gasteiger partial charge is 0.242 e. The van der Waals surface area contributed by atoms with Gasteiger partial charge in [0, 0.05) is 20.0 Å². The Morgan fingerprint density at radius 2 is 1.86 bits per heavy atom. The van der Waals surface area contributed by atoms with Gasteiger partial charge in [0.05, 0.1) is 7.11 Å². The predicted octanol–water partition coefficient (Wildman–Crippen LogP) is 2.35. The summed E-state index contributed by atoms with van der Waals surface area (Å²) in [7, 11) is 3.21. The Kier molecular flexibility index (Phi) is 7.43. The Labute approximate surface area is 132 Å². The number of ether oxygens (including phenoxy) is 1. The maximum atomic E-state index is 12.4. The first-order chi connectivity index (χ1) is 10.6. The van der Waals surface area contributed by atoms with E-state index in [0.29, 0.717) is 19.4 Å². The van der Waals surface area contributed by atoms with E-state index >= 15 is 0 Å². The highest BCUT2D eigenvalue weighted by Crippen LogP contribution is 2.17. The van der Waals surface area contributed by atoms with Crippen molar-refractivity contribution in [3.05, 3.63) is 29.8 Å². The summed E-state index contributed by atoms with van der Waals surface area (Å²) in [5.41, 5.74) is 0.979. The SMILES string of the molecule is CCCC(=O)N(Cc1ccc(OC)cc1)[C@H](CC)C(=O)NC. The van der Waals surface area contributed by atoms with E-state index < -0.39 is 6.04 Å². The average molecular weight is 306 g/mol. The van der Waals surface area contributed by atoms with Crippen molar-refractivity contribution in [2.45, 2.75) is 45.7 Å². The summed E-state index contributed by atoms with van der Waals surface area (Å²) in [5, 5.41) is 2.64. The van der Waals surface area contributed by atoms with E-state index in [0.717, 1.165) is 17.7 Å². The van der Waals surface area contributed by atoms with Crippen molar-refractivity contribution in [3.63, 3.8) is 0 Å². The number of methoxy groups -OCH3 is 1. The van der Waals surface area contributed by atoms with Gasteiger partial charge in [-0.1, -0.05) is 26.0 Å². The topological polar surface area (TPSA) is 58.6 Å². The van der Waals surface area contributed by atoms with Crippen LogP contribution in [0.3, 0.4) is 0 Å². The zero-order valence-electron chi connectivity index (χ0n) is 13.9. The molecule has 1 rings (SSSR count). The van der Waals surface area contributed by atoms with Crippen molar-refractivity contribution in [1.82, 2.24) is 10.2 Å². The molecule has 0 unspecified atom stereocenters. The van der Waals surface area contributed by atoms with Crippen molar-refractivity contribution in [2.75, 3.05) is 14.2 Å². The van der Waals surface area contributed by atoms with E-state index in [9.17, 15) is 9.59 Å². The molecule has 0 aliphatic rings. The van der Waals surface area contributed by atoms with Crippen LogP contribution < -0.4 is 10.1 Å². The van der Waals surface area contributed by atoms with Gasteiger partial charge >= 0.3 is 0 Å². The fourth-order valence-corrected chi connectivity index (χ4v) is 2.37. The maximum absolute atomic E-state index is 12.4. The lowest BCUT2D eigenvalue weighted by Crippen LogP contribution is -2.48. The largest absolute Gasteiger partial charge is 0.497 e. The van der Waals surface area contributed by atoms with Crippen LogP contribution in [0, 0.1) is 0 Å². The van der Waals surface area contributed by atoms with Crippen molar-refractivity contribution in [1.29, 1.82) is 0 Å². The van der Waals surface area contributed by atoms with E-state index in [1.807, 2.05) is 38.1 Å². The van der Waals surface area contributed by atoms with E-state index in [1.54, 1.807) is 19.1 Å². The Hall–Kier alpha value is -2.04. The van der Waals surface area contributed by atoms with Crippen molar-refractivity contribution in [2.24, 2.45) is 0 Å². The van der Waals surface area contributed by atoms with Crippen LogP contribution >= 0.6 is 0 Å². The van der Waals surface area contributed by atoms with Crippen LogP contribution in [0.25, 0.3) is 0 Å². The third-order valence-corrected chi connectivity index (χ3v) is 3.61. The second-order valence-electron chi connectivity index (χ2n) is 5.16. The second kappa shape index (κ2) is 9.07. The molecular formula is C17H26N2O3. The third-order valence-electron chi connectivity index (χ3n) is 3.61. The summed E-state index contributed by atoms with van der Waals surface area (Å²) < 4.78 is 5.14. The molecule has 0 heterocycles. The molecule has 0 saturated heterocycles. The molecule has 0 saturated carbocycles. The molecule has 5 heteroatoms. The highest BCUT2D eigenvalue weighted by atomic mass is 16.5. The number of benzene rings is 1. The van der Waals surface area contributed by atoms with Crippen molar-refractivity contribution < 1.29 is 14.3 Å². The van der Waals surface area contributed by atoms with Crippen molar-refractivity contribution in [3.8, 4) is 5.75 Å². The van der Waals surface area contributed by atoms with Gasteiger partial charge in [0.1, 0.15) is 11.8 Å². The van der Waals surface area contributed by atoms with E-state index in [-0.39, 0.29) is 11.8 Å². The Morgan fingerprint density at radius 3 is 2.32 bits per heavy atom. The lowest BCUT2D eigenvalue weighted by molar-refractivity contribution is -0.141. The lowest BCUT2D eigenvalue weighted by atomic mass is 10.1. The van der Waals surface area contributed by atoms with Crippen LogP contribution in [0.2, 0.25) is 0 Å². The molecule has 0 bridgehead atoms. The van der Waals surface area contributed by atoms with Gasteiger partial charge in [-0.15, -0.1) is 0 Å². The third kappa shape index (κ3) is 4.76. The van der Waals surface area contributed by atoms with Gasteiger partial charge in [-0.25, -0.2) is 0 Å². The zero-order chi connectivity index (χ0) is 16.5. The molecular weight excluding hydrogens is 280 g/mol. The Morgan fingerprint density at radius 1 is 1.23 bits per heavy atom. The first kappa shape index (κ1) is 18.0. The van der Waals surface area contributed by atoms with Crippen LogP contribution in [-0.2, 0) is 16.1 Å². The first-order valence-electron chi connectivity index (χ1n) is 7.71.